The van der Waals surface area contributed by atoms with E-state index in [4.69, 9.17) is 20.8 Å². The Hall–Kier alpha value is -3.66. The van der Waals surface area contributed by atoms with Crippen LogP contribution >= 0.6 is 0 Å². The fourth-order valence-corrected chi connectivity index (χ4v) is 2.69. The average molecular weight is 396 g/mol. The van der Waals surface area contributed by atoms with Gasteiger partial charge in [-0.1, -0.05) is 34.4 Å². The van der Waals surface area contributed by atoms with Crippen LogP contribution in [0.1, 0.15) is 34.7 Å². The first kappa shape index (κ1) is 21.6. The van der Waals surface area contributed by atoms with E-state index in [1.165, 1.54) is 26.4 Å². The molecule has 0 saturated heterocycles. The Morgan fingerprint density at radius 2 is 1.93 bits per heavy atom. The number of carbonyl (C=O) groups is 1. The number of halogens is 1. The number of benzene rings is 2. The molecule has 0 fully saturated rings. The summed E-state index contributed by atoms with van der Waals surface area (Å²) in [5.74, 6) is 1.37. The quantitative estimate of drug-likeness (QED) is 0.310. The van der Waals surface area contributed by atoms with E-state index in [0.29, 0.717) is 28.0 Å². The van der Waals surface area contributed by atoms with Crippen molar-refractivity contribution in [3.05, 3.63) is 70.0 Å². The molecule has 0 N–H and O–H groups in total. The number of esters is 1. The second-order valence-electron chi connectivity index (χ2n) is 6.00. The minimum atomic E-state index is -0.636. The van der Waals surface area contributed by atoms with Gasteiger partial charge in [0.25, 0.3) is 0 Å². The van der Waals surface area contributed by atoms with Crippen LogP contribution in [0.4, 0.5) is 4.39 Å². The second-order valence-corrected chi connectivity index (χ2v) is 6.00. The lowest BCUT2D eigenvalue weighted by Crippen LogP contribution is -2.20. The van der Waals surface area contributed by atoms with Crippen LogP contribution in [0.3, 0.4) is 0 Å². The summed E-state index contributed by atoms with van der Waals surface area (Å²) < 4.78 is 18.1. The van der Waals surface area contributed by atoms with Crippen LogP contribution < -0.4 is 0 Å². The summed E-state index contributed by atoms with van der Waals surface area (Å²) in [6.45, 7) is 3.64. The van der Waals surface area contributed by atoms with Gasteiger partial charge in [0.05, 0.1) is 12.8 Å². The standard InChI is InChI=1S/C22H21FN2O4/c1-6-16-12-17(23)10-11-18(16)15(3)24-29-13-20-14(2)8-7-9-19(20)21(25-28-5)22(26)27-4/h1,7-12H,13H2,2-5H3/b24-15+,25-21+. The van der Waals surface area contributed by atoms with Crippen molar-refractivity contribution in [1.29, 1.82) is 0 Å². The molecule has 2 rings (SSSR count). The lowest BCUT2D eigenvalue weighted by molar-refractivity contribution is -0.132. The van der Waals surface area contributed by atoms with Gasteiger partial charge in [0.2, 0.25) is 0 Å². The summed E-state index contributed by atoms with van der Waals surface area (Å²) in [5.41, 5.74) is 3.56. The minimum absolute atomic E-state index is 0.0196. The van der Waals surface area contributed by atoms with E-state index in [1.807, 2.05) is 13.0 Å². The summed E-state index contributed by atoms with van der Waals surface area (Å²) >= 11 is 0. The largest absolute Gasteiger partial charge is 0.464 e. The van der Waals surface area contributed by atoms with E-state index >= 15 is 0 Å². The van der Waals surface area contributed by atoms with Crippen LogP contribution in [-0.4, -0.2) is 31.6 Å². The molecule has 7 heteroatoms. The van der Waals surface area contributed by atoms with Gasteiger partial charge in [-0.05, 0) is 37.6 Å². The van der Waals surface area contributed by atoms with Crippen molar-refractivity contribution in [3.8, 4) is 12.3 Å². The molecule has 0 amide bonds. The maximum absolute atomic E-state index is 13.4. The van der Waals surface area contributed by atoms with E-state index in [-0.39, 0.29) is 12.3 Å². The maximum Gasteiger partial charge on any atom is 0.360 e. The number of nitrogens with zero attached hydrogens (tertiary/aromatic N) is 2. The smallest absolute Gasteiger partial charge is 0.360 e. The Morgan fingerprint density at radius 1 is 1.17 bits per heavy atom. The SMILES string of the molecule is C#Cc1cc(F)ccc1/C(C)=N/OCc1c(C)cccc1/C(=N\OC)C(=O)OC. The summed E-state index contributed by atoms with van der Waals surface area (Å²) in [7, 11) is 2.60. The zero-order valence-electron chi connectivity index (χ0n) is 16.7. The molecule has 0 spiro atoms. The first-order valence-electron chi connectivity index (χ1n) is 8.64. The van der Waals surface area contributed by atoms with Gasteiger partial charge in [-0.2, -0.15) is 0 Å². The van der Waals surface area contributed by atoms with Crippen LogP contribution in [0.5, 0.6) is 0 Å². The molecule has 0 unspecified atom stereocenters. The van der Waals surface area contributed by atoms with Gasteiger partial charge in [-0.15, -0.1) is 6.42 Å². The number of carbonyl (C=O) groups excluding carboxylic acids is 1. The molecule has 29 heavy (non-hydrogen) atoms. The number of ether oxygens (including phenoxy) is 1. The normalized spacial score (nSPS) is 11.6. The zero-order chi connectivity index (χ0) is 21.4. The molecule has 150 valence electrons. The molecule has 2 aromatic rings. The highest BCUT2D eigenvalue weighted by atomic mass is 19.1. The Morgan fingerprint density at radius 3 is 2.59 bits per heavy atom. The third-order valence-corrected chi connectivity index (χ3v) is 4.16. The molecule has 0 aromatic heterocycles. The first-order chi connectivity index (χ1) is 13.9. The average Bonchev–Trinajstić information content (AvgIpc) is 2.72. The second kappa shape index (κ2) is 10.0. The number of methoxy groups -OCH3 is 1. The third kappa shape index (κ3) is 5.20. The predicted molar refractivity (Wildman–Crippen MR) is 108 cm³/mol. The fraction of sp³-hybridized carbons (Fsp3) is 0.227. The topological polar surface area (TPSA) is 69.5 Å². The molecule has 0 saturated carbocycles. The van der Waals surface area contributed by atoms with E-state index in [1.54, 1.807) is 25.1 Å². The van der Waals surface area contributed by atoms with Gasteiger partial charge in [0.1, 0.15) is 19.5 Å². The fourth-order valence-electron chi connectivity index (χ4n) is 2.69. The van der Waals surface area contributed by atoms with Crippen LogP contribution in [0.2, 0.25) is 0 Å². The number of hydrogen-bond acceptors (Lipinski definition) is 6. The van der Waals surface area contributed by atoms with Crippen molar-refractivity contribution in [2.24, 2.45) is 10.3 Å². The lowest BCUT2D eigenvalue weighted by Gasteiger charge is -2.12. The summed E-state index contributed by atoms with van der Waals surface area (Å²) in [6.07, 6.45) is 5.44. The molecule has 0 aliphatic carbocycles. The van der Waals surface area contributed by atoms with E-state index in [0.717, 1.165) is 5.56 Å². The molecule has 0 bridgehead atoms. The monoisotopic (exact) mass is 396 g/mol. The van der Waals surface area contributed by atoms with Crippen molar-refractivity contribution in [2.45, 2.75) is 20.5 Å². The summed E-state index contributed by atoms with van der Waals surface area (Å²) in [6, 6.07) is 9.49. The Labute approximate surface area is 169 Å². The molecule has 0 heterocycles. The van der Waals surface area contributed by atoms with Gasteiger partial charge < -0.3 is 14.4 Å². The van der Waals surface area contributed by atoms with Crippen molar-refractivity contribution >= 4 is 17.4 Å². The molecule has 6 nitrogen and oxygen atoms in total. The Balaban J connectivity index is 2.32. The molecule has 0 aliphatic rings. The highest BCUT2D eigenvalue weighted by Gasteiger charge is 2.20. The van der Waals surface area contributed by atoms with Gasteiger partial charge in [0, 0.05) is 22.3 Å². The highest BCUT2D eigenvalue weighted by molar-refractivity contribution is 6.43. The predicted octanol–water partition coefficient (Wildman–Crippen LogP) is 3.58. The van der Waals surface area contributed by atoms with Gasteiger partial charge in [-0.3, -0.25) is 0 Å². The van der Waals surface area contributed by atoms with Gasteiger partial charge >= 0.3 is 5.97 Å². The number of oxime groups is 2. The lowest BCUT2D eigenvalue weighted by atomic mass is 9.99. The molecule has 2 aromatic carbocycles. The van der Waals surface area contributed by atoms with Crippen molar-refractivity contribution < 1.29 is 23.6 Å². The molecular formula is C22H21FN2O4. The van der Waals surface area contributed by atoms with Crippen molar-refractivity contribution in [3.63, 3.8) is 0 Å². The number of terminal acetylenes is 1. The van der Waals surface area contributed by atoms with Crippen LogP contribution in [0.15, 0.2) is 46.7 Å². The maximum atomic E-state index is 13.4. The number of aryl methyl sites for hydroxylation is 1. The van der Waals surface area contributed by atoms with Crippen LogP contribution in [0.25, 0.3) is 0 Å². The van der Waals surface area contributed by atoms with Gasteiger partial charge in [0.15, 0.2) is 5.71 Å². The number of rotatable bonds is 7. The first-order valence-corrected chi connectivity index (χ1v) is 8.64. The third-order valence-electron chi connectivity index (χ3n) is 4.16. The summed E-state index contributed by atoms with van der Waals surface area (Å²) in [4.78, 5) is 22.4. The van der Waals surface area contributed by atoms with E-state index in [9.17, 15) is 9.18 Å². The zero-order valence-corrected chi connectivity index (χ0v) is 16.7. The molecule has 0 atom stereocenters. The van der Waals surface area contributed by atoms with Crippen LogP contribution in [-0.2, 0) is 25.8 Å². The van der Waals surface area contributed by atoms with Crippen molar-refractivity contribution in [2.75, 3.05) is 14.2 Å². The summed E-state index contributed by atoms with van der Waals surface area (Å²) in [5, 5.41) is 7.87. The van der Waals surface area contributed by atoms with E-state index < -0.39 is 11.8 Å². The van der Waals surface area contributed by atoms with Gasteiger partial charge in [-0.25, -0.2) is 9.18 Å². The Bertz CT molecular complexity index is 1010. The van der Waals surface area contributed by atoms with E-state index in [2.05, 4.69) is 16.2 Å². The molecule has 0 radical (unpaired) electrons. The Kier molecular flexibility index (Phi) is 7.49. The highest BCUT2D eigenvalue weighted by Crippen LogP contribution is 2.18. The van der Waals surface area contributed by atoms with Crippen LogP contribution in [0, 0.1) is 25.1 Å². The minimum Gasteiger partial charge on any atom is -0.464 e. The molecule has 0 aliphatic heterocycles. The number of hydrogen-bond donors (Lipinski definition) is 0. The van der Waals surface area contributed by atoms with Crippen molar-refractivity contribution in [1.82, 2.24) is 0 Å². The molecular weight excluding hydrogens is 375 g/mol.